The van der Waals surface area contributed by atoms with Crippen molar-refractivity contribution in [3.63, 3.8) is 0 Å². The second kappa shape index (κ2) is 8.75. The number of hydrogen-bond donors (Lipinski definition) is 0. The maximum absolute atomic E-state index is 12.7. The number of benzene rings is 2. The molecule has 31 heavy (non-hydrogen) atoms. The van der Waals surface area contributed by atoms with Crippen LogP contribution in [0.15, 0.2) is 40.9 Å². The summed E-state index contributed by atoms with van der Waals surface area (Å²) in [6, 6.07) is 11.9. The van der Waals surface area contributed by atoms with Gasteiger partial charge in [0.15, 0.2) is 17.2 Å². The summed E-state index contributed by atoms with van der Waals surface area (Å²) >= 11 is 3.54. The lowest BCUT2D eigenvalue weighted by Crippen LogP contribution is -2.12. The van der Waals surface area contributed by atoms with E-state index in [0.717, 1.165) is 39.0 Å². The van der Waals surface area contributed by atoms with Crippen LogP contribution in [0.4, 0.5) is 0 Å². The molecule has 0 atom stereocenters. The summed E-state index contributed by atoms with van der Waals surface area (Å²) in [4.78, 5) is 12.7. The van der Waals surface area contributed by atoms with E-state index in [2.05, 4.69) is 15.9 Å². The Morgan fingerprint density at radius 1 is 1.19 bits per heavy atom. The number of carbonyl (C=O) groups is 1. The quantitative estimate of drug-likeness (QED) is 0.439. The highest BCUT2D eigenvalue weighted by Crippen LogP contribution is 2.43. The highest BCUT2D eigenvalue weighted by atomic mass is 79.9. The maximum atomic E-state index is 12.7. The van der Waals surface area contributed by atoms with Crippen LogP contribution in [0.2, 0.25) is 0 Å². The lowest BCUT2D eigenvalue weighted by molar-refractivity contribution is 0.0517. The Morgan fingerprint density at radius 3 is 2.68 bits per heavy atom. The van der Waals surface area contributed by atoms with Crippen LogP contribution in [0.5, 0.6) is 11.5 Å². The summed E-state index contributed by atoms with van der Waals surface area (Å²) in [5.74, 6) is 0.974. The molecule has 1 aromatic heterocycles. The Kier molecular flexibility index (Phi) is 6.05. The molecule has 0 saturated heterocycles. The number of aryl methyl sites for hydroxylation is 1. The van der Waals surface area contributed by atoms with Gasteiger partial charge < -0.3 is 14.2 Å². The molecule has 6 nitrogen and oxygen atoms in total. The van der Waals surface area contributed by atoms with E-state index in [-0.39, 0.29) is 6.10 Å². The standard InChI is InChI=1S/C24H25BrN2O4/c1-5-30-24(28)22-18-10-9-15-11-20(29-4)21(31-14(2)3)13-19(15)23(18)27(26-22)17-8-6-7-16(25)12-17/h6-8,11-14H,5,9-10H2,1-4H3. The van der Waals surface area contributed by atoms with Crippen LogP contribution in [0.1, 0.15) is 42.4 Å². The molecule has 0 fully saturated rings. The van der Waals surface area contributed by atoms with Crippen molar-refractivity contribution in [2.24, 2.45) is 0 Å². The lowest BCUT2D eigenvalue weighted by Gasteiger charge is -2.22. The number of esters is 1. The molecule has 1 heterocycles. The van der Waals surface area contributed by atoms with Crippen LogP contribution in [0.3, 0.4) is 0 Å². The third-order valence-corrected chi connectivity index (χ3v) is 5.65. The van der Waals surface area contributed by atoms with Crippen LogP contribution in [0, 0.1) is 0 Å². The Labute approximate surface area is 190 Å². The van der Waals surface area contributed by atoms with Gasteiger partial charge in [0.05, 0.1) is 31.2 Å². The highest BCUT2D eigenvalue weighted by molar-refractivity contribution is 9.10. The predicted octanol–water partition coefficient (Wildman–Crippen LogP) is 5.37. The molecule has 0 bridgehead atoms. The van der Waals surface area contributed by atoms with Crippen LogP contribution in [-0.4, -0.2) is 35.6 Å². The topological polar surface area (TPSA) is 62.6 Å². The van der Waals surface area contributed by atoms with E-state index < -0.39 is 5.97 Å². The summed E-state index contributed by atoms with van der Waals surface area (Å²) < 4.78 is 19.7. The van der Waals surface area contributed by atoms with Crippen molar-refractivity contribution >= 4 is 21.9 Å². The number of methoxy groups -OCH3 is 1. The number of hydrogen-bond acceptors (Lipinski definition) is 5. The molecule has 3 aromatic rings. The molecule has 0 amide bonds. The molecule has 2 aromatic carbocycles. The van der Waals surface area contributed by atoms with Crippen LogP contribution in [-0.2, 0) is 17.6 Å². The summed E-state index contributed by atoms with van der Waals surface area (Å²) in [7, 11) is 1.65. The Morgan fingerprint density at radius 2 is 2.00 bits per heavy atom. The van der Waals surface area contributed by atoms with E-state index in [1.54, 1.807) is 14.0 Å². The van der Waals surface area contributed by atoms with Gasteiger partial charge in [0.2, 0.25) is 0 Å². The van der Waals surface area contributed by atoms with Gasteiger partial charge in [0.25, 0.3) is 0 Å². The van der Waals surface area contributed by atoms with Gasteiger partial charge in [-0.15, -0.1) is 0 Å². The molecular weight excluding hydrogens is 460 g/mol. The molecular formula is C24H25BrN2O4. The van der Waals surface area contributed by atoms with E-state index >= 15 is 0 Å². The van der Waals surface area contributed by atoms with E-state index in [0.29, 0.717) is 30.2 Å². The predicted molar refractivity (Wildman–Crippen MR) is 122 cm³/mol. The van der Waals surface area contributed by atoms with Gasteiger partial charge in [-0.1, -0.05) is 22.0 Å². The maximum Gasteiger partial charge on any atom is 0.359 e. The van der Waals surface area contributed by atoms with Crippen molar-refractivity contribution in [1.82, 2.24) is 9.78 Å². The van der Waals surface area contributed by atoms with Crippen molar-refractivity contribution in [3.05, 3.63) is 57.7 Å². The van der Waals surface area contributed by atoms with Crippen molar-refractivity contribution in [2.45, 2.75) is 39.7 Å². The van der Waals surface area contributed by atoms with Gasteiger partial charge in [-0.2, -0.15) is 5.10 Å². The first kappa shape index (κ1) is 21.4. The first-order valence-electron chi connectivity index (χ1n) is 10.4. The van der Waals surface area contributed by atoms with Gasteiger partial charge in [-0.3, -0.25) is 0 Å². The highest BCUT2D eigenvalue weighted by Gasteiger charge is 2.31. The first-order valence-corrected chi connectivity index (χ1v) is 11.1. The number of halogens is 1. The van der Waals surface area contributed by atoms with Gasteiger partial charge in [-0.25, -0.2) is 9.48 Å². The number of aromatic nitrogens is 2. The number of ether oxygens (including phenoxy) is 3. The summed E-state index contributed by atoms with van der Waals surface area (Å²) in [6.07, 6.45) is 1.47. The molecule has 0 N–H and O–H groups in total. The van der Waals surface area contributed by atoms with E-state index in [1.807, 2.05) is 54.9 Å². The van der Waals surface area contributed by atoms with E-state index in [1.165, 1.54) is 0 Å². The van der Waals surface area contributed by atoms with Crippen molar-refractivity contribution in [2.75, 3.05) is 13.7 Å². The summed E-state index contributed by atoms with van der Waals surface area (Å²) in [5.41, 5.74) is 5.12. The van der Waals surface area contributed by atoms with Crippen LogP contribution >= 0.6 is 15.9 Å². The van der Waals surface area contributed by atoms with Gasteiger partial charge in [0, 0.05) is 15.6 Å². The molecule has 4 rings (SSSR count). The Balaban J connectivity index is 1.97. The molecule has 7 heteroatoms. The molecule has 162 valence electrons. The molecule has 1 aliphatic carbocycles. The fourth-order valence-electron chi connectivity index (χ4n) is 3.92. The minimum absolute atomic E-state index is 0.0000864. The van der Waals surface area contributed by atoms with Gasteiger partial charge in [0.1, 0.15) is 0 Å². The fraction of sp³-hybridized carbons (Fsp3) is 0.333. The lowest BCUT2D eigenvalue weighted by atomic mass is 9.88. The minimum Gasteiger partial charge on any atom is -0.493 e. The minimum atomic E-state index is -0.400. The number of carbonyl (C=O) groups excluding carboxylic acids is 1. The molecule has 1 aliphatic rings. The first-order chi connectivity index (χ1) is 14.9. The molecule has 0 aliphatic heterocycles. The van der Waals surface area contributed by atoms with Crippen molar-refractivity contribution in [1.29, 1.82) is 0 Å². The average molecular weight is 485 g/mol. The molecule has 0 unspecified atom stereocenters. The zero-order valence-electron chi connectivity index (χ0n) is 18.1. The van der Waals surface area contributed by atoms with Crippen LogP contribution in [0.25, 0.3) is 16.9 Å². The SMILES string of the molecule is CCOC(=O)c1nn(-c2cccc(Br)c2)c2c1CCc1cc(OC)c(OC(C)C)cc1-2. The van der Waals surface area contributed by atoms with E-state index in [4.69, 9.17) is 19.3 Å². The Bertz CT molecular complexity index is 1140. The molecule has 0 radical (unpaired) electrons. The summed E-state index contributed by atoms with van der Waals surface area (Å²) in [6.45, 7) is 6.06. The fourth-order valence-corrected chi connectivity index (χ4v) is 4.30. The Hall–Kier alpha value is -2.80. The molecule has 0 saturated carbocycles. The third-order valence-electron chi connectivity index (χ3n) is 5.16. The average Bonchev–Trinajstić information content (AvgIpc) is 3.13. The van der Waals surface area contributed by atoms with Crippen LogP contribution < -0.4 is 9.47 Å². The molecule has 0 spiro atoms. The third kappa shape index (κ3) is 4.06. The van der Waals surface area contributed by atoms with Gasteiger partial charge >= 0.3 is 5.97 Å². The normalized spacial score (nSPS) is 12.3. The van der Waals surface area contributed by atoms with E-state index in [9.17, 15) is 4.79 Å². The number of fused-ring (bicyclic) bond motifs is 3. The summed E-state index contributed by atoms with van der Waals surface area (Å²) in [5, 5.41) is 4.70. The number of nitrogens with zero attached hydrogens (tertiary/aromatic N) is 2. The number of rotatable bonds is 6. The second-order valence-corrected chi connectivity index (χ2v) is 8.53. The van der Waals surface area contributed by atoms with Gasteiger partial charge in [-0.05, 0) is 69.5 Å². The van der Waals surface area contributed by atoms with Crippen molar-refractivity contribution in [3.8, 4) is 28.4 Å². The second-order valence-electron chi connectivity index (χ2n) is 7.61. The zero-order chi connectivity index (χ0) is 22.1. The monoisotopic (exact) mass is 484 g/mol. The smallest absolute Gasteiger partial charge is 0.359 e. The zero-order valence-corrected chi connectivity index (χ0v) is 19.7. The van der Waals surface area contributed by atoms with Crippen molar-refractivity contribution < 1.29 is 19.0 Å². The largest absolute Gasteiger partial charge is 0.493 e.